The molecule has 3 nitrogen and oxygen atoms in total. The third-order valence-corrected chi connectivity index (χ3v) is 3.01. The predicted molar refractivity (Wildman–Crippen MR) is 63.9 cm³/mol. The Hall–Kier alpha value is -0.380. The summed E-state index contributed by atoms with van der Waals surface area (Å²) in [5.41, 5.74) is 0. The number of nitrogens with one attached hydrogen (secondary N) is 1. The van der Waals surface area contributed by atoms with Gasteiger partial charge in [0.1, 0.15) is 0 Å². The largest absolute Gasteiger partial charge is 0.337 e. The number of carbonyl (C=O) groups is 1. The molecular formula is C10H22N2OS. The summed E-state index contributed by atoms with van der Waals surface area (Å²) in [5.74, 6) is 0.965. The highest BCUT2D eigenvalue weighted by Crippen LogP contribution is 2.21. The van der Waals surface area contributed by atoms with Crippen LogP contribution in [0.5, 0.6) is 0 Å². The van der Waals surface area contributed by atoms with E-state index in [-0.39, 0.29) is 10.8 Å². The van der Waals surface area contributed by atoms with Crippen LogP contribution in [0.3, 0.4) is 0 Å². The maximum Gasteiger partial charge on any atom is 0.317 e. The Balaban J connectivity index is 3.51. The van der Waals surface area contributed by atoms with Gasteiger partial charge in [0, 0.05) is 30.6 Å². The van der Waals surface area contributed by atoms with Crippen molar-refractivity contribution in [1.29, 1.82) is 0 Å². The van der Waals surface area contributed by atoms with Gasteiger partial charge in [-0.2, -0.15) is 11.8 Å². The molecule has 0 rings (SSSR count). The Morgan fingerprint density at radius 1 is 1.43 bits per heavy atom. The number of amides is 2. The van der Waals surface area contributed by atoms with Gasteiger partial charge in [0.2, 0.25) is 0 Å². The number of rotatable bonds is 4. The molecule has 0 heterocycles. The van der Waals surface area contributed by atoms with Gasteiger partial charge in [0.25, 0.3) is 0 Å². The molecule has 4 heteroatoms. The Labute approximate surface area is 91.6 Å². The second kappa shape index (κ2) is 6.17. The van der Waals surface area contributed by atoms with Gasteiger partial charge in [0.15, 0.2) is 0 Å². The fraction of sp³-hybridized carbons (Fsp3) is 0.900. The van der Waals surface area contributed by atoms with Crippen molar-refractivity contribution in [2.24, 2.45) is 0 Å². The highest BCUT2D eigenvalue weighted by molar-refractivity contribution is 8.00. The van der Waals surface area contributed by atoms with Crippen molar-refractivity contribution in [3.8, 4) is 0 Å². The molecule has 0 aliphatic heterocycles. The molecule has 84 valence electrons. The van der Waals surface area contributed by atoms with Gasteiger partial charge in [-0.3, -0.25) is 0 Å². The van der Waals surface area contributed by atoms with E-state index in [4.69, 9.17) is 0 Å². The van der Waals surface area contributed by atoms with E-state index in [0.717, 1.165) is 18.8 Å². The molecule has 0 fully saturated rings. The highest BCUT2D eigenvalue weighted by Gasteiger charge is 2.10. The fourth-order valence-corrected chi connectivity index (χ4v) is 1.61. The quantitative estimate of drug-likeness (QED) is 0.734. The van der Waals surface area contributed by atoms with Crippen LogP contribution in [0, 0.1) is 0 Å². The molecule has 0 aliphatic rings. The van der Waals surface area contributed by atoms with E-state index in [9.17, 15) is 4.79 Å². The first-order valence-corrected chi connectivity index (χ1v) is 5.98. The minimum Gasteiger partial charge on any atom is -0.337 e. The zero-order chi connectivity index (χ0) is 11.2. The molecule has 14 heavy (non-hydrogen) atoms. The lowest BCUT2D eigenvalue weighted by Crippen LogP contribution is -2.38. The van der Waals surface area contributed by atoms with Gasteiger partial charge in [-0.1, -0.05) is 20.8 Å². The van der Waals surface area contributed by atoms with Crippen molar-refractivity contribution in [3.05, 3.63) is 0 Å². The van der Waals surface area contributed by atoms with Crippen LogP contribution in [-0.4, -0.2) is 41.6 Å². The van der Waals surface area contributed by atoms with Crippen molar-refractivity contribution in [1.82, 2.24) is 10.2 Å². The van der Waals surface area contributed by atoms with E-state index in [0.29, 0.717) is 0 Å². The molecule has 1 N–H and O–H groups in total. The number of urea groups is 1. The van der Waals surface area contributed by atoms with Gasteiger partial charge in [0.05, 0.1) is 0 Å². The molecule has 0 aromatic carbocycles. The topological polar surface area (TPSA) is 32.3 Å². The number of hydrogen-bond donors (Lipinski definition) is 1. The molecule has 0 spiro atoms. The van der Waals surface area contributed by atoms with Crippen LogP contribution in [-0.2, 0) is 0 Å². The van der Waals surface area contributed by atoms with E-state index >= 15 is 0 Å². The number of carbonyl (C=O) groups excluding carboxylic acids is 1. The maximum absolute atomic E-state index is 11.3. The summed E-state index contributed by atoms with van der Waals surface area (Å²) in [6, 6.07) is 0.0157. The van der Waals surface area contributed by atoms with Gasteiger partial charge in [-0.15, -0.1) is 0 Å². The molecule has 0 atom stereocenters. The summed E-state index contributed by atoms with van der Waals surface area (Å²) in [6.07, 6.45) is 0. The first kappa shape index (κ1) is 13.6. The SMILES string of the molecule is CCN(C)C(=O)NCCSC(C)(C)C. The van der Waals surface area contributed by atoms with Crippen LogP contribution in [0.25, 0.3) is 0 Å². The lowest BCUT2D eigenvalue weighted by molar-refractivity contribution is 0.212. The number of thioether (sulfide) groups is 1. The summed E-state index contributed by atoms with van der Waals surface area (Å²) in [7, 11) is 1.80. The van der Waals surface area contributed by atoms with Crippen molar-refractivity contribution >= 4 is 17.8 Å². The zero-order valence-electron chi connectivity index (χ0n) is 9.89. The van der Waals surface area contributed by atoms with E-state index < -0.39 is 0 Å². The van der Waals surface area contributed by atoms with Crippen LogP contribution in [0.15, 0.2) is 0 Å². The smallest absolute Gasteiger partial charge is 0.317 e. The van der Waals surface area contributed by atoms with Gasteiger partial charge < -0.3 is 10.2 Å². The fourth-order valence-electron chi connectivity index (χ4n) is 0.794. The predicted octanol–water partition coefficient (Wildman–Crippen LogP) is 2.18. The Bertz CT molecular complexity index is 177. The maximum atomic E-state index is 11.3. The van der Waals surface area contributed by atoms with Crippen molar-refractivity contribution in [3.63, 3.8) is 0 Å². The van der Waals surface area contributed by atoms with Gasteiger partial charge >= 0.3 is 6.03 Å². The average Bonchev–Trinajstić information content (AvgIpc) is 2.09. The first-order chi connectivity index (χ1) is 6.37. The van der Waals surface area contributed by atoms with Gasteiger partial charge in [-0.25, -0.2) is 4.79 Å². The summed E-state index contributed by atoms with van der Waals surface area (Å²) < 4.78 is 0.279. The molecule has 0 aliphatic carbocycles. The second-order valence-electron chi connectivity index (χ2n) is 4.21. The van der Waals surface area contributed by atoms with E-state index in [1.807, 2.05) is 18.7 Å². The molecule has 0 radical (unpaired) electrons. The molecule has 0 bridgehead atoms. The van der Waals surface area contributed by atoms with Crippen LogP contribution >= 0.6 is 11.8 Å². The molecule has 0 unspecified atom stereocenters. The van der Waals surface area contributed by atoms with E-state index in [1.54, 1.807) is 11.9 Å². The minimum atomic E-state index is 0.0157. The van der Waals surface area contributed by atoms with Crippen LogP contribution < -0.4 is 5.32 Å². The van der Waals surface area contributed by atoms with Crippen molar-refractivity contribution < 1.29 is 4.79 Å². The molecule has 0 aromatic rings. The third-order valence-electron chi connectivity index (χ3n) is 1.73. The van der Waals surface area contributed by atoms with E-state index in [1.165, 1.54) is 0 Å². The number of hydrogen-bond acceptors (Lipinski definition) is 2. The molecule has 0 aromatic heterocycles. The van der Waals surface area contributed by atoms with Crippen LogP contribution in [0.4, 0.5) is 4.79 Å². The molecule has 0 saturated carbocycles. The normalized spacial score (nSPS) is 11.2. The van der Waals surface area contributed by atoms with Crippen LogP contribution in [0.1, 0.15) is 27.7 Å². The standard InChI is InChI=1S/C10H22N2OS/c1-6-12(5)9(13)11-7-8-14-10(2,3)4/h6-8H2,1-5H3,(H,11,13). The lowest BCUT2D eigenvalue weighted by Gasteiger charge is -2.19. The summed E-state index contributed by atoms with van der Waals surface area (Å²) in [4.78, 5) is 13.0. The monoisotopic (exact) mass is 218 g/mol. The zero-order valence-corrected chi connectivity index (χ0v) is 10.7. The first-order valence-electron chi connectivity index (χ1n) is 4.99. The molecule has 2 amide bonds. The molecular weight excluding hydrogens is 196 g/mol. The third kappa shape index (κ3) is 7.06. The Morgan fingerprint density at radius 2 is 2.00 bits per heavy atom. The summed E-state index contributed by atoms with van der Waals surface area (Å²) >= 11 is 1.86. The van der Waals surface area contributed by atoms with Crippen LogP contribution in [0.2, 0.25) is 0 Å². The highest BCUT2D eigenvalue weighted by atomic mass is 32.2. The Morgan fingerprint density at radius 3 is 2.43 bits per heavy atom. The molecule has 0 saturated heterocycles. The van der Waals surface area contributed by atoms with E-state index in [2.05, 4.69) is 26.1 Å². The number of nitrogens with zero attached hydrogens (tertiary/aromatic N) is 1. The van der Waals surface area contributed by atoms with Crippen molar-refractivity contribution in [2.75, 3.05) is 25.9 Å². The lowest BCUT2D eigenvalue weighted by atomic mass is 10.3. The Kier molecular flexibility index (Phi) is 6.00. The van der Waals surface area contributed by atoms with Crippen molar-refractivity contribution in [2.45, 2.75) is 32.4 Å². The average molecular weight is 218 g/mol. The second-order valence-corrected chi connectivity index (χ2v) is 6.13. The summed E-state index contributed by atoms with van der Waals surface area (Å²) in [6.45, 7) is 9.99. The minimum absolute atomic E-state index is 0.0157. The summed E-state index contributed by atoms with van der Waals surface area (Å²) in [5, 5.41) is 2.87. The van der Waals surface area contributed by atoms with Gasteiger partial charge in [-0.05, 0) is 6.92 Å².